The van der Waals surface area contributed by atoms with Gasteiger partial charge in [0.15, 0.2) is 32.6 Å². The zero-order valence-electron chi connectivity index (χ0n) is 40.7. The summed E-state index contributed by atoms with van der Waals surface area (Å²) in [4.78, 5) is 7.89. The number of methoxy groups -OCH3 is 6. The van der Waals surface area contributed by atoms with E-state index in [1.54, 1.807) is 61.2 Å². The number of nitrogens with one attached hydrogen (secondary N) is 2. The highest BCUT2D eigenvalue weighted by Gasteiger charge is 2.51. The Morgan fingerprint density at radius 2 is 0.958 bits per heavy atom. The van der Waals surface area contributed by atoms with Gasteiger partial charge in [0.2, 0.25) is 0 Å². The zero-order chi connectivity index (χ0) is 52.0. The summed E-state index contributed by atoms with van der Waals surface area (Å²) in [7, 11) is -0.0680. The average Bonchev–Trinajstić information content (AvgIpc) is 4.04. The summed E-state index contributed by atoms with van der Waals surface area (Å²) >= 11 is 3.33. The number of rotatable bonds is 14. The third-order valence-electron chi connectivity index (χ3n) is 11.5. The fourth-order valence-electron chi connectivity index (χ4n) is 7.22. The van der Waals surface area contributed by atoms with Gasteiger partial charge in [-0.05, 0) is 93.9 Å². The number of benzene rings is 4. The Labute approximate surface area is 424 Å². The molecule has 0 radical (unpaired) electrons. The monoisotopic (exact) mass is 1090 g/mol. The Morgan fingerprint density at radius 3 is 1.38 bits per heavy atom. The molecule has 0 amide bonds. The lowest BCUT2D eigenvalue weighted by Gasteiger charge is -2.32. The van der Waals surface area contributed by atoms with Crippen LogP contribution in [0.5, 0.6) is 34.5 Å². The summed E-state index contributed by atoms with van der Waals surface area (Å²) in [6.07, 6.45) is 6.90. The number of halogens is 1. The van der Waals surface area contributed by atoms with Crippen LogP contribution in [0.2, 0.25) is 0 Å². The number of nitrogens with zero attached hydrogens (tertiary/aromatic N) is 4. The Bertz CT molecular complexity index is 3360. The van der Waals surface area contributed by atoms with E-state index in [2.05, 4.69) is 45.7 Å². The Balaban J connectivity index is 0.000000168. The second-order valence-corrected chi connectivity index (χ2v) is 20.6. The van der Waals surface area contributed by atoms with Crippen LogP contribution >= 0.6 is 15.9 Å². The second-order valence-electron chi connectivity index (χ2n) is 16.4. The lowest BCUT2D eigenvalue weighted by Crippen LogP contribution is -2.41. The van der Waals surface area contributed by atoms with Gasteiger partial charge >= 0.3 is 7.12 Å². The number of fused-ring (bicyclic) bond motifs is 2. The summed E-state index contributed by atoms with van der Waals surface area (Å²) < 4.78 is 112. The number of hydrogen-bond acceptors (Lipinski definition) is 18. The molecule has 0 bridgehead atoms. The van der Waals surface area contributed by atoms with Crippen LogP contribution in [0.1, 0.15) is 27.7 Å². The molecule has 2 N–H and O–H groups in total. The Kier molecular flexibility index (Phi) is 15.9. The molecule has 9 rings (SSSR count). The van der Waals surface area contributed by atoms with Crippen molar-refractivity contribution >= 4 is 82.1 Å². The van der Waals surface area contributed by atoms with E-state index in [1.807, 2.05) is 52.0 Å². The minimum atomic E-state index is -4.14. The SMILES string of the molecule is CC1(C)OB(c2cccnc2)OC1(C)C.COc1cccc(OC)c1S(=O)(=O)Nc1noc2cc(-c3cccnc3)cc(OC)c12.COc1cccc(OC)c1S(=O)(=O)Nc1noc2cc(Br)cc(OC)c12. The topological polar surface area (TPSA) is 244 Å². The number of aromatic nitrogens is 4. The zero-order valence-corrected chi connectivity index (χ0v) is 43.9. The lowest BCUT2D eigenvalue weighted by molar-refractivity contribution is 0.00578. The summed E-state index contributed by atoms with van der Waals surface area (Å²) in [6, 6.07) is 23.8. The van der Waals surface area contributed by atoms with Gasteiger partial charge < -0.3 is 46.8 Å². The molecule has 0 spiro atoms. The molecule has 0 atom stereocenters. The number of anilines is 2. The molecule has 0 unspecified atom stereocenters. The summed E-state index contributed by atoms with van der Waals surface area (Å²) in [5.41, 5.74) is 2.75. The van der Waals surface area contributed by atoms with E-state index in [9.17, 15) is 16.8 Å². The molecule has 1 aliphatic rings. The van der Waals surface area contributed by atoms with Gasteiger partial charge in [-0.2, -0.15) is 0 Å². The quantitative estimate of drug-likeness (QED) is 0.0969. The first kappa shape index (κ1) is 52.7. The van der Waals surface area contributed by atoms with Gasteiger partial charge in [0.05, 0.1) is 53.9 Å². The molecular formula is C48H50BBrN6O14S2. The summed E-state index contributed by atoms with van der Waals surface area (Å²) in [5, 5.41) is 8.52. The van der Waals surface area contributed by atoms with Crippen molar-refractivity contribution in [3.8, 4) is 45.6 Å². The van der Waals surface area contributed by atoms with Crippen molar-refractivity contribution in [1.29, 1.82) is 0 Å². The highest BCUT2D eigenvalue weighted by Crippen LogP contribution is 2.42. The van der Waals surface area contributed by atoms with Crippen LogP contribution in [-0.2, 0) is 29.4 Å². The molecule has 0 aliphatic carbocycles. The van der Waals surface area contributed by atoms with Crippen molar-refractivity contribution in [2.24, 2.45) is 0 Å². The predicted octanol–water partition coefficient (Wildman–Crippen LogP) is 8.51. The molecule has 1 fully saturated rings. The highest BCUT2D eigenvalue weighted by atomic mass is 79.9. The van der Waals surface area contributed by atoms with Crippen LogP contribution in [0.4, 0.5) is 11.6 Å². The van der Waals surface area contributed by atoms with Crippen LogP contribution in [-0.4, -0.2) is 98.1 Å². The number of hydrogen-bond donors (Lipinski definition) is 2. The van der Waals surface area contributed by atoms with E-state index < -0.39 is 20.0 Å². The first-order valence-corrected chi connectivity index (χ1v) is 25.3. The highest BCUT2D eigenvalue weighted by molar-refractivity contribution is 9.10. The van der Waals surface area contributed by atoms with Crippen molar-refractivity contribution in [3.63, 3.8) is 0 Å². The number of sulfonamides is 2. The van der Waals surface area contributed by atoms with Crippen LogP contribution in [0.3, 0.4) is 0 Å². The predicted molar refractivity (Wildman–Crippen MR) is 273 cm³/mol. The van der Waals surface area contributed by atoms with Gasteiger partial charge in [-0.1, -0.05) is 50.5 Å². The van der Waals surface area contributed by atoms with E-state index in [-0.39, 0.29) is 62.7 Å². The standard InChI is InChI=1S/C21H19N3O6S.C16H15BrN2O6S.C11H16BNO2/c1-27-15-7-4-8-16(28-2)20(15)31(25,26)24-21-19-17(29-3)10-14(11-18(19)30-23-21)13-6-5-9-22-12-13;1-22-10-5-4-6-11(23-2)15(10)26(20,21)19-16-14-12(24-3)7-9(17)8-13(14)25-18-16;1-10(2)11(3,4)15-12(14-10)9-6-5-7-13-8-9/h4-12H,1-3H3,(H,23,24);4-8H,1-3H3,(H,18,19);5-8H,1-4H3. The van der Waals surface area contributed by atoms with E-state index in [4.69, 9.17) is 46.8 Å². The minimum Gasteiger partial charge on any atom is -0.496 e. The van der Waals surface area contributed by atoms with Gasteiger partial charge in [-0.15, -0.1) is 0 Å². The molecule has 5 heterocycles. The number of ether oxygens (including phenoxy) is 6. The van der Waals surface area contributed by atoms with Gasteiger partial charge in [0, 0.05) is 40.3 Å². The molecule has 1 aliphatic heterocycles. The fraction of sp³-hybridized carbons (Fsp3) is 0.250. The molecule has 0 saturated carbocycles. The Morgan fingerprint density at radius 1 is 0.528 bits per heavy atom. The van der Waals surface area contributed by atoms with Crippen molar-refractivity contribution in [3.05, 3.63) is 114 Å². The molecule has 4 aromatic heterocycles. The third-order valence-corrected chi connectivity index (χ3v) is 14.7. The molecule has 4 aromatic carbocycles. The maximum Gasteiger partial charge on any atom is 0.496 e. The first-order valence-electron chi connectivity index (χ1n) is 21.6. The van der Waals surface area contributed by atoms with Crippen LogP contribution in [0, 0.1) is 0 Å². The van der Waals surface area contributed by atoms with Crippen LogP contribution < -0.4 is 43.3 Å². The van der Waals surface area contributed by atoms with Crippen molar-refractivity contribution in [2.45, 2.75) is 48.7 Å². The third kappa shape index (κ3) is 11.0. The molecule has 1 saturated heterocycles. The fourth-order valence-corrected chi connectivity index (χ4v) is 10.3. The van der Waals surface area contributed by atoms with E-state index in [0.717, 1.165) is 16.6 Å². The van der Waals surface area contributed by atoms with E-state index in [0.29, 0.717) is 37.9 Å². The summed E-state index contributed by atoms with van der Waals surface area (Å²) in [5.74, 6) is 1.31. The van der Waals surface area contributed by atoms with Gasteiger partial charge in [0.1, 0.15) is 45.3 Å². The number of pyridine rings is 2. The minimum absolute atomic E-state index is 0.00249. The lowest BCUT2D eigenvalue weighted by atomic mass is 9.80. The second kappa shape index (κ2) is 21.7. The van der Waals surface area contributed by atoms with Crippen molar-refractivity contribution in [1.82, 2.24) is 20.3 Å². The molecular weight excluding hydrogens is 1040 g/mol. The van der Waals surface area contributed by atoms with Crippen LogP contribution in [0.15, 0.2) is 133 Å². The maximum atomic E-state index is 13.2. The molecule has 8 aromatic rings. The average molecular weight is 1090 g/mol. The first-order chi connectivity index (χ1) is 34.3. The van der Waals surface area contributed by atoms with Crippen LogP contribution in [0.25, 0.3) is 33.1 Å². The molecule has 20 nitrogen and oxygen atoms in total. The van der Waals surface area contributed by atoms with E-state index in [1.165, 1.54) is 66.9 Å². The van der Waals surface area contributed by atoms with E-state index >= 15 is 0 Å². The molecule has 24 heteroatoms. The van der Waals surface area contributed by atoms with Gasteiger partial charge in [-0.3, -0.25) is 19.4 Å². The normalized spacial score (nSPS) is 13.8. The van der Waals surface area contributed by atoms with Crippen molar-refractivity contribution in [2.75, 3.05) is 52.1 Å². The smallest absolute Gasteiger partial charge is 0.496 e. The molecule has 378 valence electrons. The van der Waals surface area contributed by atoms with Gasteiger partial charge in [-0.25, -0.2) is 16.8 Å². The maximum absolute atomic E-state index is 13.2. The largest absolute Gasteiger partial charge is 0.496 e. The van der Waals surface area contributed by atoms with Crippen molar-refractivity contribution < 1.29 is 63.6 Å². The summed E-state index contributed by atoms with van der Waals surface area (Å²) in [6.45, 7) is 8.18. The van der Waals surface area contributed by atoms with Gasteiger partial charge in [0.25, 0.3) is 20.0 Å². The Hall–Kier alpha value is -7.12. The molecule has 72 heavy (non-hydrogen) atoms.